The van der Waals surface area contributed by atoms with Crippen molar-refractivity contribution in [2.45, 2.75) is 58.5 Å². The maximum Gasteiger partial charge on any atom is 0.304 e. The third kappa shape index (κ3) is 2.64. The minimum absolute atomic E-state index is 0.214. The van der Waals surface area contributed by atoms with E-state index in [0.29, 0.717) is 17.6 Å². The second kappa shape index (κ2) is 5.65. The molecule has 2 N–H and O–H groups in total. The first kappa shape index (κ1) is 14.9. The van der Waals surface area contributed by atoms with E-state index in [-0.39, 0.29) is 12.2 Å². The van der Waals surface area contributed by atoms with Crippen LogP contribution in [0.25, 0.3) is 0 Å². The SMILES string of the molecule is CCCCC[C@]1(O)C(C)=C(C)C(=O)[C@@H]1CC(=O)O. The van der Waals surface area contributed by atoms with Gasteiger partial charge in [-0.25, -0.2) is 0 Å². The Labute approximate surface area is 108 Å². The normalized spacial score (nSPS) is 28.0. The number of carboxylic acid groups (broad SMARTS) is 1. The summed E-state index contributed by atoms with van der Waals surface area (Å²) in [4.78, 5) is 22.9. The molecule has 1 rings (SSSR count). The van der Waals surface area contributed by atoms with E-state index >= 15 is 0 Å². The van der Waals surface area contributed by atoms with Crippen LogP contribution in [0.1, 0.15) is 52.9 Å². The van der Waals surface area contributed by atoms with Crippen LogP contribution in [0.5, 0.6) is 0 Å². The maximum atomic E-state index is 12.0. The molecule has 0 spiro atoms. The van der Waals surface area contributed by atoms with E-state index < -0.39 is 17.5 Å². The molecule has 0 aliphatic heterocycles. The van der Waals surface area contributed by atoms with E-state index in [4.69, 9.17) is 5.11 Å². The fraction of sp³-hybridized carbons (Fsp3) is 0.714. The Bertz CT molecular complexity index is 383. The summed E-state index contributed by atoms with van der Waals surface area (Å²) < 4.78 is 0. The minimum atomic E-state index is -1.26. The Hall–Kier alpha value is -1.16. The number of carboxylic acids is 1. The Morgan fingerprint density at radius 1 is 1.33 bits per heavy atom. The summed E-state index contributed by atoms with van der Waals surface area (Å²) in [6.07, 6.45) is 2.98. The van der Waals surface area contributed by atoms with Crippen LogP contribution in [0.4, 0.5) is 0 Å². The van der Waals surface area contributed by atoms with Crippen molar-refractivity contribution in [3.63, 3.8) is 0 Å². The Balaban J connectivity index is 2.94. The Morgan fingerprint density at radius 3 is 2.44 bits per heavy atom. The molecule has 0 bridgehead atoms. The predicted octanol–water partition coefficient (Wildman–Crippen LogP) is 2.31. The van der Waals surface area contributed by atoms with Crippen LogP contribution in [-0.4, -0.2) is 27.6 Å². The summed E-state index contributed by atoms with van der Waals surface area (Å²) in [5.74, 6) is -2.06. The molecule has 0 radical (unpaired) electrons. The highest BCUT2D eigenvalue weighted by Crippen LogP contribution is 2.42. The number of aliphatic carboxylic acids is 1. The molecular weight excluding hydrogens is 232 g/mol. The summed E-state index contributed by atoms with van der Waals surface area (Å²) >= 11 is 0. The van der Waals surface area contributed by atoms with Gasteiger partial charge in [0.1, 0.15) is 0 Å². The predicted molar refractivity (Wildman–Crippen MR) is 68.2 cm³/mol. The second-order valence-corrected chi connectivity index (χ2v) is 5.15. The zero-order chi connectivity index (χ0) is 13.9. The van der Waals surface area contributed by atoms with Gasteiger partial charge in [0, 0.05) is 0 Å². The number of ketones is 1. The number of unbranched alkanes of at least 4 members (excludes halogenated alkanes) is 2. The standard InChI is InChI=1S/C14H22O4/c1-4-5-6-7-14(18)10(3)9(2)13(17)11(14)8-12(15)16/h11,18H,4-8H2,1-3H3,(H,15,16)/t11-,14-/m0/s1. The van der Waals surface area contributed by atoms with Gasteiger partial charge in [-0.05, 0) is 31.4 Å². The molecule has 1 aliphatic rings. The number of aliphatic hydroxyl groups is 1. The second-order valence-electron chi connectivity index (χ2n) is 5.15. The molecular formula is C14H22O4. The van der Waals surface area contributed by atoms with Crippen LogP contribution in [0.15, 0.2) is 11.1 Å². The summed E-state index contributed by atoms with van der Waals surface area (Å²) in [7, 11) is 0. The largest absolute Gasteiger partial charge is 0.481 e. The molecule has 0 amide bonds. The van der Waals surface area contributed by atoms with E-state index in [0.717, 1.165) is 19.3 Å². The third-order valence-electron chi connectivity index (χ3n) is 4.01. The molecule has 0 heterocycles. The number of carbonyl (C=O) groups excluding carboxylic acids is 1. The Morgan fingerprint density at radius 2 is 1.94 bits per heavy atom. The molecule has 0 fully saturated rings. The molecule has 102 valence electrons. The average molecular weight is 254 g/mol. The fourth-order valence-electron chi connectivity index (χ4n) is 2.69. The highest BCUT2D eigenvalue weighted by atomic mass is 16.4. The quantitative estimate of drug-likeness (QED) is 0.713. The summed E-state index contributed by atoms with van der Waals surface area (Å²) in [6, 6.07) is 0. The lowest BCUT2D eigenvalue weighted by atomic mass is 9.80. The van der Waals surface area contributed by atoms with Crippen molar-refractivity contribution in [2.75, 3.05) is 0 Å². The first-order valence-electron chi connectivity index (χ1n) is 6.51. The van der Waals surface area contributed by atoms with Gasteiger partial charge in [-0.3, -0.25) is 9.59 Å². The summed E-state index contributed by atoms with van der Waals surface area (Å²) in [6.45, 7) is 5.47. The van der Waals surface area contributed by atoms with Gasteiger partial charge in [0.25, 0.3) is 0 Å². The molecule has 0 saturated carbocycles. The number of Topliss-reactive ketones (excluding diaryl/α,β-unsaturated/α-hetero) is 1. The molecule has 0 aromatic carbocycles. The first-order chi connectivity index (χ1) is 8.34. The summed E-state index contributed by atoms with van der Waals surface area (Å²) in [5.41, 5.74) is -0.0792. The molecule has 0 aromatic rings. The van der Waals surface area contributed by atoms with Crippen molar-refractivity contribution >= 4 is 11.8 Å². The van der Waals surface area contributed by atoms with Gasteiger partial charge in [-0.1, -0.05) is 26.2 Å². The van der Waals surface area contributed by atoms with Gasteiger partial charge in [-0.15, -0.1) is 0 Å². The van der Waals surface area contributed by atoms with Gasteiger partial charge in [0.2, 0.25) is 0 Å². The first-order valence-corrected chi connectivity index (χ1v) is 6.51. The van der Waals surface area contributed by atoms with Crippen LogP contribution in [0.3, 0.4) is 0 Å². The van der Waals surface area contributed by atoms with Gasteiger partial charge < -0.3 is 10.2 Å². The van der Waals surface area contributed by atoms with Crippen LogP contribution in [0, 0.1) is 5.92 Å². The lowest BCUT2D eigenvalue weighted by molar-refractivity contribution is -0.143. The van der Waals surface area contributed by atoms with Crippen molar-refractivity contribution in [3.8, 4) is 0 Å². The smallest absolute Gasteiger partial charge is 0.304 e. The van der Waals surface area contributed by atoms with Gasteiger partial charge in [0.15, 0.2) is 5.78 Å². The lowest BCUT2D eigenvalue weighted by Crippen LogP contribution is -2.39. The van der Waals surface area contributed by atoms with Crippen LogP contribution >= 0.6 is 0 Å². The molecule has 18 heavy (non-hydrogen) atoms. The monoisotopic (exact) mass is 254 g/mol. The molecule has 2 atom stereocenters. The van der Waals surface area contributed by atoms with E-state index in [1.165, 1.54) is 0 Å². The zero-order valence-electron chi connectivity index (χ0n) is 11.3. The topological polar surface area (TPSA) is 74.6 Å². The van der Waals surface area contributed by atoms with Crippen molar-refractivity contribution < 1.29 is 19.8 Å². The van der Waals surface area contributed by atoms with Crippen molar-refractivity contribution in [2.24, 2.45) is 5.92 Å². The molecule has 4 heteroatoms. The number of hydrogen-bond donors (Lipinski definition) is 2. The van der Waals surface area contributed by atoms with Gasteiger partial charge in [0.05, 0.1) is 17.9 Å². The van der Waals surface area contributed by atoms with Crippen LogP contribution < -0.4 is 0 Å². The van der Waals surface area contributed by atoms with Crippen molar-refractivity contribution in [3.05, 3.63) is 11.1 Å². The number of hydrogen-bond acceptors (Lipinski definition) is 3. The molecule has 0 unspecified atom stereocenters. The van der Waals surface area contributed by atoms with E-state index in [9.17, 15) is 14.7 Å². The van der Waals surface area contributed by atoms with E-state index in [1.54, 1.807) is 13.8 Å². The number of carbonyl (C=O) groups is 2. The van der Waals surface area contributed by atoms with E-state index in [2.05, 4.69) is 6.92 Å². The minimum Gasteiger partial charge on any atom is -0.481 e. The summed E-state index contributed by atoms with van der Waals surface area (Å²) in [5, 5.41) is 19.6. The molecule has 4 nitrogen and oxygen atoms in total. The molecule has 1 aliphatic carbocycles. The average Bonchev–Trinajstić information content (AvgIpc) is 2.45. The number of allylic oxidation sites excluding steroid dienone is 1. The number of rotatable bonds is 6. The Kier molecular flexibility index (Phi) is 4.68. The molecule has 0 aromatic heterocycles. The maximum absolute atomic E-state index is 12.0. The van der Waals surface area contributed by atoms with Crippen molar-refractivity contribution in [1.29, 1.82) is 0 Å². The zero-order valence-corrected chi connectivity index (χ0v) is 11.3. The van der Waals surface area contributed by atoms with Gasteiger partial charge in [-0.2, -0.15) is 0 Å². The van der Waals surface area contributed by atoms with Gasteiger partial charge >= 0.3 is 5.97 Å². The lowest BCUT2D eigenvalue weighted by Gasteiger charge is -2.30. The van der Waals surface area contributed by atoms with Crippen LogP contribution in [0.2, 0.25) is 0 Å². The highest BCUT2D eigenvalue weighted by molar-refractivity contribution is 6.03. The third-order valence-corrected chi connectivity index (χ3v) is 4.01. The fourth-order valence-corrected chi connectivity index (χ4v) is 2.69. The molecule has 0 saturated heterocycles. The van der Waals surface area contributed by atoms with Crippen molar-refractivity contribution in [1.82, 2.24) is 0 Å². The van der Waals surface area contributed by atoms with Crippen LogP contribution in [-0.2, 0) is 9.59 Å². The van der Waals surface area contributed by atoms with E-state index in [1.807, 2.05) is 0 Å². The highest BCUT2D eigenvalue weighted by Gasteiger charge is 2.49.